The number of aromatic nitrogens is 2. The molecule has 2 aromatic carbocycles. The maximum Gasteiger partial charge on any atom is 0.343 e. The highest BCUT2D eigenvalue weighted by Gasteiger charge is 2.12. The summed E-state index contributed by atoms with van der Waals surface area (Å²) in [6, 6.07) is 14.0. The Bertz CT molecular complexity index is 1040. The number of fused-ring (bicyclic) bond motifs is 1. The molecule has 0 amide bonds. The van der Waals surface area contributed by atoms with E-state index in [4.69, 9.17) is 4.74 Å². The summed E-state index contributed by atoms with van der Waals surface area (Å²) in [6.07, 6.45) is 0.631. The first-order valence-electron chi connectivity index (χ1n) is 8.37. The number of H-pyrrole nitrogens is 1. The van der Waals surface area contributed by atoms with Crippen molar-refractivity contribution in [1.29, 1.82) is 0 Å². The monoisotopic (exact) mass is 366 g/mol. The van der Waals surface area contributed by atoms with Crippen molar-refractivity contribution < 1.29 is 19.1 Å². The van der Waals surface area contributed by atoms with Gasteiger partial charge in [-0.1, -0.05) is 24.3 Å². The Morgan fingerprint density at radius 2 is 1.93 bits per heavy atom. The van der Waals surface area contributed by atoms with E-state index in [0.29, 0.717) is 23.1 Å². The summed E-state index contributed by atoms with van der Waals surface area (Å²) in [4.78, 5) is 42.4. The Balaban J connectivity index is 1.67. The van der Waals surface area contributed by atoms with Gasteiger partial charge in [-0.15, -0.1) is 0 Å². The quantitative estimate of drug-likeness (QED) is 0.509. The van der Waals surface area contributed by atoms with Crippen LogP contribution in [0.4, 0.5) is 0 Å². The summed E-state index contributed by atoms with van der Waals surface area (Å²) in [6.45, 7) is -0.179. The Morgan fingerprint density at radius 3 is 2.74 bits per heavy atom. The molecule has 1 heterocycles. The first-order chi connectivity index (χ1) is 13.1. The third kappa shape index (κ3) is 4.58. The van der Waals surface area contributed by atoms with E-state index < -0.39 is 5.97 Å². The normalized spacial score (nSPS) is 10.6. The van der Waals surface area contributed by atoms with Crippen molar-refractivity contribution in [2.45, 2.75) is 12.8 Å². The first-order valence-corrected chi connectivity index (χ1v) is 8.37. The minimum absolute atomic E-state index is 0.0526. The van der Waals surface area contributed by atoms with Crippen molar-refractivity contribution in [3.63, 3.8) is 0 Å². The molecular weight excluding hydrogens is 348 g/mol. The highest BCUT2D eigenvalue weighted by atomic mass is 16.6. The Kier molecular flexibility index (Phi) is 5.61. The van der Waals surface area contributed by atoms with E-state index in [0.717, 1.165) is 5.56 Å². The number of carbonyl (C=O) groups excluding carboxylic acids is 2. The fourth-order valence-corrected chi connectivity index (χ4v) is 2.59. The number of esters is 1. The lowest BCUT2D eigenvalue weighted by molar-refractivity contribution is -0.142. The maximum atomic E-state index is 12.4. The zero-order valence-electron chi connectivity index (χ0n) is 14.7. The second-order valence-electron chi connectivity index (χ2n) is 5.87. The van der Waals surface area contributed by atoms with Crippen LogP contribution in [0.5, 0.6) is 5.75 Å². The number of para-hydroxylation sites is 1. The number of methoxy groups -OCH3 is 1. The average Bonchev–Trinajstić information content (AvgIpc) is 2.70. The molecule has 0 atom stereocenters. The van der Waals surface area contributed by atoms with Gasteiger partial charge in [0.15, 0.2) is 18.2 Å². The molecule has 3 aromatic rings. The molecular formula is C20H18N2O5. The number of ketones is 1. The highest BCUT2D eigenvalue weighted by molar-refractivity contribution is 5.94. The SMILES string of the molecule is COC(=O)COc1cccc(CCC(=O)c2nc3ccccc3c(=O)[nH]2)c1. The molecule has 0 aliphatic heterocycles. The predicted molar refractivity (Wildman–Crippen MR) is 99.0 cm³/mol. The zero-order valence-corrected chi connectivity index (χ0v) is 14.7. The lowest BCUT2D eigenvalue weighted by atomic mass is 10.1. The number of carbonyl (C=O) groups is 2. The van der Waals surface area contributed by atoms with Gasteiger partial charge in [0.2, 0.25) is 0 Å². The molecule has 0 aliphatic rings. The highest BCUT2D eigenvalue weighted by Crippen LogP contribution is 2.15. The molecule has 7 nitrogen and oxygen atoms in total. The summed E-state index contributed by atoms with van der Waals surface area (Å²) in [7, 11) is 1.29. The van der Waals surface area contributed by atoms with Gasteiger partial charge in [0, 0.05) is 6.42 Å². The van der Waals surface area contributed by atoms with E-state index in [2.05, 4.69) is 14.7 Å². The number of ether oxygens (including phenoxy) is 2. The minimum Gasteiger partial charge on any atom is -0.482 e. The Morgan fingerprint density at radius 1 is 1.11 bits per heavy atom. The third-order valence-corrected chi connectivity index (χ3v) is 4.00. The summed E-state index contributed by atoms with van der Waals surface area (Å²) in [5.74, 6) is -0.153. The molecule has 0 unspecified atom stereocenters. The number of aromatic amines is 1. The van der Waals surface area contributed by atoms with Gasteiger partial charge in [0.25, 0.3) is 5.56 Å². The van der Waals surface area contributed by atoms with Gasteiger partial charge in [-0.2, -0.15) is 0 Å². The predicted octanol–water partition coefficient (Wildman–Crippen LogP) is 2.29. The molecule has 0 aliphatic carbocycles. The van der Waals surface area contributed by atoms with Crippen molar-refractivity contribution in [3.8, 4) is 5.75 Å². The molecule has 1 N–H and O–H groups in total. The first kappa shape index (κ1) is 18.3. The van der Waals surface area contributed by atoms with Crippen LogP contribution >= 0.6 is 0 Å². The van der Waals surface area contributed by atoms with Gasteiger partial charge >= 0.3 is 5.97 Å². The van der Waals surface area contributed by atoms with E-state index >= 15 is 0 Å². The van der Waals surface area contributed by atoms with Gasteiger partial charge < -0.3 is 14.5 Å². The van der Waals surface area contributed by atoms with E-state index in [1.54, 1.807) is 42.5 Å². The van der Waals surface area contributed by atoms with E-state index in [-0.39, 0.29) is 30.2 Å². The van der Waals surface area contributed by atoms with Crippen molar-refractivity contribution >= 4 is 22.7 Å². The van der Waals surface area contributed by atoms with Crippen LogP contribution in [0, 0.1) is 0 Å². The fourth-order valence-electron chi connectivity index (χ4n) is 2.59. The van der Waals surface area contributed by atoms with E-state index in [1.165, 1.54) is 7.11 Å². The zero-order chi connectivity index (χ0) is 19.2. The molecule has 0 saturated heterocycles. The van der Waals surface area contributed by atoms with Crippen LogP contribution in [0.15, 0.2) is 53.3 Å². The Hall–Kier alpha value is -3.48. The number of Topliss-reactive ketones (excluding diaryl/α,β-unsaturated/α-hetero) is 1. The standard InChI is InChI=1S/C20H18N2O5/c1-26-18(24)12-27-14-6-4-5-13(11-14)9-10-17(23)19-21-16-8-3-2-7-15(16)20(25)22-19/h2-8,11H,9-10,12H2,1H3,(H,21,22,25). The van der Waals surface area contributed by atoms with Crippen LogP contribution in [0.3, 0.4) is 0 Å². The molecule has 0 radical (unpaired) electrons. The van der Waals surface area contributed by atoms with Crippen molar-refractivity contribution in [2.75, 3.05) is 13.7 Å². The van der Waals surface area contributed by atoms with Crippen LogP contribution in [0.2, 0.25) is 0 Å². The van der Waals surface area contributed by atoms with Crippen LogP contribution in [0.25, 0.3) is 10.9 Å². The van der Waals surface area contributed by atoms with Gasteiger partial charge in [-0.05, 0) is 36.2 Å². The molecule has 7 heteroatoms. The number of aryl methyl sites for hydroxylation is 1. The van der Waals surface area contributed by atoms with Crippen LogP contribution in [0.1, 0.15) is 22.6 Å². The van der Waals surface area contributed by atoms with Gasteiger partial charge in [0.1, 0.15) is 5.75 Å². The van der Waals surface area contributed by atoms with Crippen molar-refractivity contribution in [2.24, 2.45) is 0 Å². The van der Waals surface area contributed by atoms with E-state index in [9.17, 15) is 14.4 Å². The van der Waals surface area contributed by atoms with Crippen molar-refractivity contribution in [3.05, 3.63) is 70.3 Å². The van der Waals surface area contributed by atoms with Gasteiger partial charge in [0.05, 0.1) is 18.0 Å². The second-order valence-corrected chi connectivity index (χ2v) is 5.87. The smallest absolute Gasteiger partial charge is 0.343 e. The number of rotatable bonds is 7. The summed E-state index contributed by atoms with van der Waals surface area (Å²) >= 11 is 0. The maximum absolute atomic E-state index is 12.4. The van der Waals surface area contributed by atoms with E-state index in [1.807, 2.05) is 6.07 Å². The fraction of sp³-hybridized carbons (Fsp3) is 0.200. The van der Waals surface area contributed by atoms with Gasteiger partial charge in [-0.3, -0.25) is 9.59 Å². The molecule has 27 heavy (non-hydrogen) atoms. The van der Waals surface area contributed by atoms with Crippen LogP contribution in [-0.2, 0) is 16.0 Å². The summed E-state index contributed by atoms with van der Waals surface area (Å²) in [5.41, 5.74) is 1.03. The molecule has 3 rings (SSSR count). The molecule has 0 spiro atoms. The number of nitrogens with one attached hydrogen (secondary N) is 1. The van der Waals surface area contributed by atoms with Crippen LogP contribution in [-0.4, -0.2) is 35.4 Å². The second kappa shape index (κ2) is 8.27. The average molecular weight is 366 g/mol. The van der Waals surface area contributed by atoms with Crippen LogP contribution < -0.4 is 10.3 Å². The molecule has 1 aromatic heterocycles. The third-order valence-electron chi connectivity index (χ3n) is 4.00. The summed E-state index contributed by atoms with van der Waals surface area (Å²) < 4.78 is 9.86. The molecule has 0 fully saturated rings. The number of benzene rings is 2. The lowest BCUT2D eigenvalue weighted by Gasteiger charge is -2.07. The Labute approximate surface area is 155 Å². The van der Waals surface area contributed by atoms with Crippen molar-refractivity contribution in [1.82, 2.24) is 9.97 Å². The number of hydrogen-bond acceptors (Lipinski definition) is 6. The largest absolute Gasteiger partial charge is 0.482 e. The van der Waals surface area contributed by atoms with Gasteiger partial charge in [-0.25, -0.2) is 9.78 Å². The summed E-state index contributed by atoms with van der Waals surface area (Å²) in [5, 5.41) is 0.449. The number of nitrogens with zero attached hydrogens (tertiary/aromatic N) is 1. The topological polar surface area (TPSA) is 98.3 Å². The molecule has 0 bridgehead atoms. The lowest BCUT2D eigenvalue weighted by Crippen LogP contribution is -2.16. The minimum atomic E-state index is -0.470. The molecule has 138 valence electrons. The molecule has 0 saturated carbocycles. The number of hydrogen-bond donors (Lipinski definition) is 1.